The third kappa shape index (κ3) is 3.13. The Hall–Kier alpha value is -1.96. The molecule has 0 aromatic carbocycles. The van der Waals surface area contributed by atoms with Crippen LogP contribution < -0.4 is 0 Å². The van der Waals surface area contributed by atoms with Crippen LogP contribution in [0.15, 0.2) is 23.6 Å². The molecule has 7 nitrogen and oxygen atoms in total. The third-order valence-electron chi connectivity index (χ3n) is 2.47. The molecule has 0 radical (unpaired) electrons. The van der Waals surface area contributed by atoms with Crippen LogP contribution >= 0.6 is 11.8 Å². The number of nitrogens with zero attached hydrogens (tertiary/aromatic N) is 5. The summed E-state index contributed by atoms with van der Waals surface area (Å²) >= 11 is 1.15. The largest absolute Gasteiger partial charge is 0.481 e. The first-order valence-corrected chi connectivity index (χ1v) is 6.95. The number of carboxylic acids is 1. The number of aromatic nitrogens is 5. The van der Waals surface area contributed by atoms with Crippen LogP contribution in [0, 0.1) is 0 Å². The van der Waals surface area contributed by atoms with Crippen molar-refractivity contribution in [3.05, 3.63) is 18.5 Å². The molecule has 0 atom stereocenters. The van der Waals surface area contributed by atoms with Gasteiger partial charge in [-0.05, 0) is 26.8 Å². The van der Waals surface area contributed by atoms with Crippen molar-refractivity contribution in [1.82, 2.24) is 25.0 Å². The van der Waals surface area contributed by atoms with E-state index in [1.54, 1.807) is 18.5 Å². The van der Waals surface area contributed by atoms with Gasteiger partial charge in [0.15, 0.2) is 11.0 Å². The molecule has 0 saturated heterocycles. The number of aliphatic carboxylic acids is 1. The number of carbonyl (C=O) groups is 1. The van der Waals surface area contributed by atoms with Crippen LogP contribution in [0.1, 0.15) is 20.8 Å². The van der Waals surface area contributed by atoms with Crippen LogP contribution in [0.3, 0.4) is 0 Å². The molecule has 2 rings (SSSR count). The summed E-state index contributed by atoms with van der Waals surface area (Å²) in [5, 5.41) is 25.2. The Morgan fingerprint density at radius 3 is 2.65 bits per heavy atom. The highest BCUT2D eigenvalue weighted by molar-refractivity contribution is 7.99. The molecular formula is C12H15N5O2S. The highest BCUT2D eigenvalue weighted by Gasteiger charge is 2.24. The van der Waals surface area contributed by atoms with Gasteiger partial charge in [0.2, 0.25) is 0 Å². The second-order valence-corrected chi connectivity index (χ2v) is 6.07. The minimum Gasteiger partial charge on any atom is -0.481 e. The van der Waals surface area contributed by atoms with E-state index in [0.29, 0.717) is 11.0 Å². The van der Waals surface area contributed by atoms with E-state index in [9.17, 15) is 4.79 Å². The normalized spacial score (nSPS) is 11.6. The fourth-order valence-electron chi connectivity index (χ4n) is 1.70. The van der Waals surface area contributed by atoms with Gasteiger partial charge in [-0.25, -0.2) is 0 Å². The molecule has 0 unspecified atom stereocenters. The van der Waals surface area contributed by atoms with E-state index in [2.05, 4.69) is 20.4 Å². The molecule has 0 fully saturated rings. The van der Waals surface area contributed by atoms with Gasteiger partial charge in [0.1, 0.15) is 0 Å². The van der Waals surface area contributed by atoms with Gasteiger partial charge in [0, 0.05) is 11.1 Å². The third-order valence-corrected chi connectivity index (χ3v) is 3.39. The van der Waals surface area contributed by atoms with E-state index in [-0.39, 0.29) is 11.3 Å². The number of rotatable bonds is 4. The molecule has 0 aliphatic carbocycles. The number of hydrogen-bond acceptors (Lipinski definition) is 6. The highest BCUT2D eigenvalue weighted by atomic mass is 32.2. The summed E-state index contributed by atoms with van der Waals surface area (Å²) in [5.41, 5.74) is 0.521. The van der Waals surface area contributed by atoms with E-state index in [1.807, 2.05) is 25.3 Å². The fourth-order valence-corrected chi connectivity index (χ4v) is 2.54. The molecule has 2 aromatic heterocycles. The summed E-state index contributed by atoms with van der Waals surface area (Å²) in [7, 11) is 0. The van der Waals surface area contributed by atoms with Crippen LogP contribution in [0.2, 0.25) is 0 Å². The molecule has 8 heteroatoms. The van der Waals surface area contributed by atoms with E-state index < -0.39 is 5.97 Å². The highest BCUT2D eigenvalue weighted by Crippen LogP contribution is 2.29. The summed E-state index contributed by atoms with van der Waals surface area (Å²) in [6.07, 6.45) is 3.19. The van der Waals surface area contributed by atoms with Crippen molar-refractivity contribution < 1.29 is 9.90 Å². The minimum absolute atomic E-state index is 0.0528. The Morgan fingerprint density at radius 1 is 1.35 bits per heavy atom. The van der Waals surface area contributed by atoms with Gasteiger partial charge < -0.3 is 5.11 Å². The average molecular weight is 293 g/mol. The smallest absolute Gasteiger partial charge is 0.313 e. The Kier molecular flexibility index (Phi) is 4.03. The summed E-state index contributed by atoms with van der Waals surface area (Å²) in [6, 6.07) is 1.80. The first kappa shape index (κ1) is 14.4. The lowest BCUT2D eigenvalue weighted by Gasteiger charge is -2.24. The molecule has 2 aromatic rings. The molecule has 0 spiro atoms. The van der Waals surface area contributed by atoms with E-state index in [1.165, 1.54) is 0 Å². The van der Waals surface area contributed by atoms with E-state index in [0.717, 1.165) is 17.3 Å². The molecule has 0 aliphatic heterocycles. The predicted octanol–water partition coefficient (Wildman–Crippen LogP) is 1.67. The lowest BCUT2D eigenvalue weighted by Crippen LogP contribution is -2.24. The fraction of sp³-hybridized carbons (Fsp3) is 0.417. The molecule has 0 aliphatic rings. The summed E-state index contributed by atoms with van der Waals surface area (Å²) in [5.74, 6) is -0.283. The Balaban J connectivity index is 2.46. The van der Waals surface area contributed by atoms with Crippen LogP contribution in [0.5, 0.6) is 0 Å². The molecule has 0 saturated carbocycles. The van der Waals surface area contributed by atoms with Crippen molar-refractivity contribution in [2.75, 3.05) is 5.75 Å². The first-order chi connectivity index (χ1) is 9.39. The van der Waals surface area contributed by atoms with Gasteiger partial charge >= 0.3 is 5.97 Å². The molecular weight excluding hydrogens is 278 g/mol. The summed E-state index contributed by atoms with van der Waals surface area (Å²) in [6.45, 7) is 6.04. The van der Waals surface area contributed by atoms with E-state index in [4.69, 9.17) is 5.11 Å². The quantitative estimate of drug-likeness (QED) is 0.857. The van der Waals surface area contributed by atoms with Gasteiger partial charge in [0.05, 0.1) is 18.1 Å². The zero-order chi connectivity index (χ0) is 14.8. The first-order valence-electron chi connectivity index (χ1n) is 5.97. The predicted molar refractivity (Wildman–Crippen MR) is 74.4 cm³/mol. The van der Waals surface area contributed by atoms with Crippen molar-refractivity contribution in [3.8, 4) is 11.4 Å². The second-order valence-electron chi connectivity index (χ2n) is 5.13. The molecule has 2 heterocycles. The van der Waals surface area contributed by atoms with Gasteiger partial charge in [0.25, 0.3) is 0 Å². The standard InChI is InChI=1S/C12H15N5O2S/c1-12(2,3)17-10(8-4-5-13-14-6-8)15-16-11(17)20-7-9(18)19/h4-6H,7H2,1-3H3,(H,18,19). The van der Waals surface area contributed by atoms with Crippen molar-refractivity contribution >= 4 is 17.7 Å². The van der Waals surface area contributed by atoms with Gasteiger partial charge in [-0.15, -0.1) is 10.2 Å². The van der Waals surface area contributed by atoms with Gasteiger partial charge in [-0.1, -0.05) is 11.8 Å². The number of thioether (sulfide) groups is 1. The van der Waals surface area contributed by atoms with Crippen LogP contribution in [-0.2, 0) is 10.3 Å². The molecule has 1 N–H and O–H groups in total. The Morgan fingerprint density at radius 2 is 2.10 bits per heavy atom. The van der Waals surface area contributed by atoms with Crippen molar-refractivity contribution in [2.24, 2.45) is 0 Å². The topological polar surface area (TPSA) is 93.8 Å². The monoisotopic (exact) mass is 293 g/mol. The molecule has 0 amide bonds. The van der Waals surface area contributed by atoms with Crippen LogP contribution in [-0.4, -0.2) is 41.8 Å². The van der Waals surface area contributed by atoms with Crippen molar-refractivity contribution in [2.45, 2.75) is 31.5 Å². The summed E-state index contributed by atoms with van der Waals surface area (Å²) < 4.78 is 1.91. The Bertz CT molecular complexity index is 606. The number of hydrogen-bond donors (Lipinski definition) is 1. The maximum atomic E-state index is 10.7. The Labute approximate surface area is 120 Å². The minimum atomic E-state index is -0.884. The zero-order valence-corrected chi connectivity index (χ0v) is 12.3. The molecule has 20 heavy (non-hydrogen) atoms. The number of carboxylic acid groups (broad SMARTS) is 1. The average Bonchev–Trinajstić information content (AvgIpc) is 2.81. The lowest BCUT2D eigenvalue weighted by atomic mass is 10.1. The maximum Gasteiger partial charge on any atom is 0.313 e. The zero-order valence-electron chi connectivity index (χ0n) is 11.4. The van der Waals surface area contributed by atoms with Gasteiger partial charge in [-0.2, -0.15) is 10.2 Å². The van der Waals surface area contributed by atoms with Crippen LogP contribution in [0.25, 0.3) is 11.4 Å². The lowest BCUT2D eigenvalue weighted by molar-refractivity contribution is -0.133. The molecule has 0 bridgehead atoms. The van der Waals surface area contributed by atoms with E-state index >= 15 is 0 Å². The van der Waals surface area contributed by atoms with Crippen molar-refractivity contribution in [1.29, 1.82) is 0 Å². The molecule has 106 valence electrons. The SMILES string of the molecule is CC(C)(C)n1c(SCC(=O)O)nnc1-c1ccnnc1. The van der Waals surface area contributed by atoms with Crippen molar-refractivity contribution in [3.63, 3.8) is 0 Å². The maximum absolute atomic E-state index is 10.7. The summed E-state index contributed by atoms with van der Waals surface area (Å²) in [4.78, 5) is 10.7. The van der Waals surface area contributed by atoms with Gasteiger partial charge in [-0.3, -0.25) is 9.36 Å². The second kappa shape index (κ2) is 5.58. The van der Waals surface area contributed by atoms with Crippen LogP contribution in [0.4, 0.5) is 0 Å².